The average Bonchev–Trinajstić information content (AvgIpc) is 3.45. The van der Waals surface area contributed by atoms with Crippen LogP contribution in [0.1, 0.15) is 72.8 Å². The highest BCUT2D eigenvalue weighted by atomic mass is 32.1. The predicted molar refractivity (Wildman–Crippen MR) is 204 cm³/mol. The molecule has 3 N–H and O–H groups in total. The number of rotatable bonds is 11. The third-order valence-electron chi connectivity index (χ3n) is 8.18. The Labute approximate surface area is 319 Å². The van der Waals surface area contributed by atoms with Crippen LogP contribution in [0.4, 0.5) is 28.2 Å². The van der Waals surface area contributed by atoms with Gasteiger partial charge in [0.15, 0.2) is 0 Å². The molecule has 5 rings (SSSR count). The Hall–Kier alpha value is -4.54. The van der Waals surface area contributed by atoms with E-state index in [0.29, 0.717) is 47.8 Å². The lowest BCUT2D eigenvalue weighted by Crippen LogP contribution is -2.55. The molecule has 0 radical (unpaired) electrons. The van der Waals surface area contributed by atoms with Gasteiger partial charge in [-0.2, -0.15) is 45.3 Å². The summed E-state index contributed by atoms with van der Waals surface area (Å²) in [5.41, 5.74) is 0.373. The highest BCUT2D eigenvalue weighted by Gasteiger charge is 2.46. The van der Waals surface area contributed by atoms with Gasteiger partial charge in [0.05, 0.1) is 16.9 Å². The Kier molecular flexibility index (Phi) is 14.6. The van der Waals surface area contributed by atoms with Crippen LogP contribution in [-0.4, -0.2) is 59.0 Å². The molecule has 4 aromatic rings. The van der Waals surface area contributed by atoms with Crippen molar-refractivity contribution in [2.75, 3.05) is 24.5 Å². The molecule has 2 atom stereocenters. The van der Waals surface area contributed by atoms with Crippen LogP contribution >= 0.6 is 27.0 Å². The zero-order valence-electron chi connectivity index (χ0n) is 29.7. The first-order chi connectivity index (χ1) is 24.2. The normalized spacial score (nSPS) is 15.5. The van der Waals surface area contributed by atoms with Gasteiger partial charge in [0.1, 0.15) is 23.3 Å². The number of fused-ring (bicyclic) bond motifs is 1. The van der Waals surface area contributed by atoms with Gasteiger partial charge in [-0.15, -0.1) is 0 Å². The number of nitrogens with one attached hydrogen (secondary N) is 3. The second-order valence-electron chi connectivity index (χ2n) is 13.0. The van der Waals surface area contributed by atoms with E-state index in [1.54, 1.807) is 32.4 Å². The number of hydrogen-bond acceptors (Lipinski definition) is 6. The van der Waals surface area contributed by atoms with Crippen molar-refractivity contribution in [2.24, 2.45) is 0 Å². The molecular formula is C37H44F4N6O4S2. The number of para-hydroxylation sites is 1. The maximum atomic E-state index is 14.4. The van der Waals surface area contributed by atoms with Crippen molar-refractivity contribution in [3.63, 3.8) is 0 Å². The third kappa shape index (κ3) is 10.3. The minimum atomic E-state index is -4.68. The summed E-state index contributed by atoms with van der Waals surface area (Å²) in [5.74, 6) is -2.34. The molecule has 1 aliphatic heterocycles. The molecule has 16 heteroatoms. The van der Waals surface area contributed by atoms with E-state index in [-0.39, 0.29) is 45.6 Å². The number of carbonyl (C=O) groups excluding carboxylic acids is 3. The molecule has 53 heavy (non-hydrogen) atoms. The van der Waals surface area contributed by atoms with Crippen molar-refractivity contribution in [1.29, 1.82) is 0 Å². The Balaban J connectivity index is 0.00000378. The average molecular weight is 777 g/mol. The van der Waals surface area contributed by atoms with Gasteiger partial charge in [-0.3, -0.25) is 14.5 Å². The quantitative estimate of drug-likeness (QED) is 0.118. The van der Waals surface area contributed by atoms with E-state index in [1.807, 2.05) is 30.3 Å². The van der Waals surface area contributed by atoms with Crippen LogP contribution < -0.4 is 20.9 Å². The lowest BCUT2D eigenvalue weighted by Gasteiger charge is -2.38. The summed E-state index contributed by atoms with van der Waals surface area (Å²) in [6, 6.07) is 17.4. The first-order valence-electron chi connectivity index (χ1n) is 16.6. The number of carbonyl (C=O) groups is 3. The second-order valence-corrected chi connectivity index (χ2v) is 13.0. The molecule has 2 heterocycles. The number of ether oxygens (including phenoxy) is 1. The Morgan fingerprint density at radius 2 is 1.60 bits per heavy atom. The van der Waals surface area contributed by atoms with Crippen molar-refractivity contribution >= 4 is 50.7 Å². The summed E-state index contributed by atoms with van der Waals surface area (Å²) in [4.78, 5) is 41.5. The van der Waals surface area contributed by atoms with Gasteiger partial charge in [-0.1, -0.05) is 36.4 Å². The van der Waals surface area contributed by atoms with E-state index in [4.69, 9.17) is 9.84 Å². The lowest BCUT2D eigenvalue weighted by atomic mass is 9.80. The number of aromatic nitrogens is 2. The molecule has 0 spiro atoms. The number of alkyl halides is 3. The van der Waals surface area contributed by atoms with E-state index < -0.39 is 53.0 Å². The van der Waals surface area contributed by atoms with E-state index in [9.17, 15) is 31.9 Å². The molecule has 0 saturated heterocycles. The van der Waals surface area contributed by atoms with Crippen molar-refractivity contribution in [3.8, 4) is 5.69 Å². The first kappa shape index (κ1) is 42.9. The fraction of sp³-hybridized carbons (Fsp3) is 0.351. The number of likely N-dealkylation sites (N-methyl/N-ethyl adjacent to an activating group) is 1. The molecule has 3 aromatic carbocycles. The number of nitrogens with zero attached hydrogens (tertiary/aromatic N) is 3. The molecule has 3 amide bonds. The maximum absolute atomic E-state index is 14.4. The zero-order valence-corrected chi connectivity index (χ0v) is 31.7. The monoisotopic (exact) mass is 776 g/mol. The van der Waals surface area contributed by atoms with E-state index in [0.717, 1.165) is 18.2 Å². The SMILES string of the molecule is CCN1C(=O)[C@@H](NC(=O)c2cccc(C(F)(F)F)c2)[C@@H](c2ccc(F)cc2)c2c(CNCCCNC(=O)OC(C)(C)C)nn(-c3ccccc3)c21.S.S. The number of amides is 3. The third-order valence-corrected chi connectivity index (χ3v) is 8.18. The minimum absolute atomic E-state index is 0. The first-order valence-corrected chi connectivity index (χ1v) is 16.6. The number of benzene rings is 3. The highest BCUT2D eigenvalue weighted by molar-refractivity contribution is 7.59. The van der Waals surface area contributed by atoms with Crippen LogP contribution in [0.15, 0.2) is 78.9 Å². The predicted octanol–water partition coefficient (Wildman–Crippen LogP) is 6.56. The van der Waals surface area contributed by atoms with Gasteiger partial charge in [-0.25, -0.2) is 13.9 Å². The number of alkyl carbamates (subject to hydrolysis) is 1. The van der Waals surface area contributed by atoms with Crippen LogP contribution in [0, 0.1) is 5.82 Å². The summed E-state index contributed by atoms with van der Waals surface area (Å²) >= 11 is 0. The van der Waals surface area contributed by atoms with Gasteiger partial charge < -0.3 is 20.7 Å². The van der Waals surface area contributed by atoms with Crippen LogP contribution in [-0.2, 0) is 22.3 Å². The summed E-state index contributed by atoms with van der Waals surface area (Å²) in [7, 11) is 0. The van der Waals surface area contributed by atoms with Gasteiger partial charge in [-0.05, 0) is 88.7 Å². The molecule has 10 nitrogen and oxygen atoms in total. The number of hydrogen-bond donors (Lipinski definition) is 3. The summed E-state index contributed by atoms with van der Waals surface area (Å²) < 4.78 is 61.7. The van der Waals surface area contributed by atoms with Gasteiger partial charge >= 0.3 is 12.3 Å². The summed E-state index contributed by atoms with van der Waals surface area (Å²) in [6.45, 7) is 8.30. The van der Waals surface area contributed by atoms with E-state index >= 15 is 0 Å². The topological polar surface area (TPSA) is 118 Å². The lowest BCUT2D eigenvalue weighted by molar-refractivity contribution is -0.137. The molecule has 0 bridgehead atoms. The minimum Gasteiger partial charge on any atom is -0.444 e. The number of anilines is 1. The molecular weight excluding hydrogens is 733 g/mol. The molecule has 1 aromatic heterocycles. The van der Waals surface area contributed by atoms with Crippen molar-refractivity contribution in [2.45, 2.75) is 64.4 Å². The molecule has 286 valence electrons. The largest absolute Gasteiger partial charge is 0.444 e. The van der Waals surface area contributed by atoms with Crippen LogP contribution in [0.5, 0.6) is 0 Å². The van der Waals surface area contributed by atoms with Gasteiger partial charge in [0, 0.05) is 36.7 Å². The molecule has 0 unspecified atom stereocenters. The van der Waals surface area contributed by atoms with Crippen molar-refractivity contribution in [1.82, 2.24) is 25.7 Å². The van der Waals surface area contributed by atoms with Gasteiger partial charge in [0.25, 0.3) is 11.8 Å². The Bertz CT molecular complexity index is 1870. The number of halogens is 4. The van der Waals surface area contributed by atoms with Crippen LogP contribution in [0.2, 0.25) is 0 Å². The fourth-order valence-corrected chi connectivity index (χ4v) is 5.97. The highest BCUT2D eigenvalue weighted by Crippen LogP contribution is 2.44. The molecule has 0 aliphatic carbocycles. The maximum Gasteiger partial charge on any atom is 0.416 e. The standard InChI is InChI=1S/C37H40F4N6O4.2H2S/c1-5-46-33-30(28(45-47(33)27-13-7-6-8-14-27)22-42-19-10-20-43-35(50)51-36(2,3)4)29(23-15-17-26(38)18-16-23)31(34(46)49)44-32(48)24-11-9-12-25(21-24)37(39,40)41;;/h6-9,11-18,21,29,31,42H,5,10,19-20,22H2,1-4H3,(H,43,50)(H,44,48);2*1H2/t29-,31-;;/m0../s1. The molecule has 1 aliphatic rings. The summed E-state index contributed by atoms with van der Waals surface area (Å²) in [6.07, 6.45) is -4.65. The van der Waals surface area contributed by atoms with Crippen molar-refractivity contribution < 1.29 is 36.7 Å². The van der Waals surface area contributed by atoms with E-state index in [2.05, 4.69) is 16.0 Å². The van der Waals surface area contributed by atoms with Crippen molar-refractivity contribution in [3.05, 3.63) is 113 Å². The van der Waals surface area contributed by atoms with Crippen LogP contribution in [0.3, 0.4) is 0 Å². The Morgan fingerprint density at radius 1 is 0.925 bits per heavy atom. The van der Waals surface area contributed by atoms with E-state index in [1.165, 1.54) is 35.2 Å². The Morgan fingerprint density at radius 3 is 2.23 bits per heavy atom. The van der Waals surface area contributed by atoms with Crippen LogP contribution in [0.25, 0.3) is 5.69 Å². The summed E-state index contributed by atoms with van der Waals surface area (Å²) in [5, 5.41) is 13.7. The fourth-order valence-electron chi connectivity index (χ4n) is 5.97. The second kappa shape index (κ2) is 18.0. The molecule has 0 fully saturated rings. The zero-order chi connectivity index (χ0) is 36.9. The van der Waals surface area contributed by atoms with Gasteiger partial charge in [0.2, 0.25) is 0 Å². The smallest absolute Gasteiger partial charge is 0.416 e. The molecule has 0 saturated carbocycles.